The van der Waals surface area contributed by atoms with Crippen LogP contribution in [-0.4, -0.2) is 40.1 Å². The number of aryl methyl sites for hydroxylation is 1. The molecule has 1 aliphatic rings. The zero-order valence-corrected chi connectivity index (χ0v) is 14.3. The lowest BCUT2D eigenvalue weighted by Crippen LogP contribution is -2.40. The number of nitrogens with one attached hydrogen (secondary N) is 1. The maximum absolute atomic E-state index is 13.2. The zero-order chi connectivity index (χ0) is 18.0. The van der Waals surface area contributed by atoms with Crippen LogP contribution in [0.3, 0.4) is 0 Å². The Balaban J connectivity index is 1.63. The van der Waals surface area contributed by atoms with Gasteiger partial charge in [0, 0.05) is 30.9 Å². The van der Waals surface area contributed by atoms with Crippen molar-refractivity contribution in [1.82, 2.24) is 20.0 Å². The fourth-order valence-electron chi connectivity index (χ4n) is 3.27. The lowest BCUT2D eigenvalue weighted by Gasteiger charge is -2.31. The first kappa shape index (κ1) is 17.1. The molecule has 0 radical (unpaired) electrons. The van der Waals surface area contributed by atoms with Gasteiger partial charge in [0.25, 0.3) is 5.91 Å². The van der Waals surface area contributed by atoms with Crippen LogP contribution < -0.4 is 5.32 Å². The Morgan fingerprint density at radius 1 is 1.44 bits per heavy atom. The van der Waals surface area contributed by atoms with Crippen LogP contribution >= 0.6 is 0 Å². The lowest BCUT2D eigenvalue weighted by molar-refractivity contribution is -0.131. The van der Waals surface area contributed by atoms with Gasteiger partial charge in [0.05, 0.1) is 18.8 Å². The molecule has 0 spiro atoms. The van der Waals surface area contributed by atoms with Crippen LogP contribution in [0.2, 0.25) is 0 Å². The predicted octanol–water partition coefficient (Wildman–Crippen LogP) is 1.82. The average molecular weight is 344 g/mol. The first-order valence-corrected chi connectivity index (χ1v) is 8.27. The number of nitrogens with zero attached hydrogens (tertiary/aromatic N) is 3. The van der Waals surface area contributed by atoms with Crippen molar-refractivity contribution < 1.29 is 14.0 Å². The third-order valence-corrected chi connectivity index (χ3v) is 4.69. The quantitative estimate of drug-likeness (QED) is 0.920. The largest absolute Gasteiger partial charge is 0.343 e. The fraction of sp³-hybridized carbons (Fsp3) is 0.389. The highest BCUT2D eigenvalue weighted by Crippen LogP contribution is 2.33. The van der Waals surface area contributed by atoms with Gasteiger partial charge in [-0.2, -0.15) is 5.10 Å². The molecule has 1 N–H and O–H groups in total. The van der Waals surface area contributed by atoms with Crippen LogP contribution in [0.25, 0.3) is 0 Å². The lowest BCUT2D eigenvalue weighted by atomic mass is 9.92. The van der Waals surface area contributed by atoms with Crippen molar-refractivity contribution in [2.24, 2.45) is 7.05 Å². The van der Waals surface area contributed by atoms with Crippen molar-refractivity contribution in [3.05, 3.63) is 53.1 Å². The number of carbonyl (C=O) groups excluding carboxylic acids is 2. The van der Waals surface area contributed by atoms with Gasteiger partial charge in [-0.3, -0.25) is 14.3 Å². The first-order valence-electron chi connectivity index (χ1n) is 8.27. The Labute approximate surface area is 145 Å². The van der Waals surface area contributed by atoms with E-state index in [1.54, 1.807) is 11.9 Å². The number of hydrogen-bond donors (Lipinski definition) is 1. The molecule has 3 rings (SSSR count). The summed E-state index contributed by atoms with van der Waals surface area (Å²) in [7, 11) is 3.64. The van der Waals surface area contributed by atoms with Crippen LogP contribution in [0, 0.1) is 5.82 Å². The van der Waals surface area contributed by atoms with Crippen LogP contribution in [0.5, 0.6) is 0 Å². The number of rotatable bonds is 4. The molecule has 7 heteroatoms. The summed E-state index contributed by atoms with van der Waals surface area (Å²) < 4.78 is 15.0. The molecule has 2 aromatic rings. The summed E-state index contributed by atoms with van der Waals surface area (Å²) in [4.78, 5) is 26.2. The number of amides is 2. The van der Waals surface area contributed by atoms with E-state index >= 15 is 0 Å². The molecule has 6 nitrogen and oxygen atoms in total. The highest BCUT2D eigenvalue weighted by atomic mass is 19.1. The molecule has 0 saturated heterocycles. The van der Waals surface area contributed by atoms with Crippen molar-refractivity contribution in [1.29, 1.82) is 0 Å². The molecule has 0 bridgehead atoms. The standard InChI is InChI=1S/C18H21FN4O2/c1-22(15-7-4-8-16-14(15)10-21-23(16)2)17(24)11-20-18(25)12-5-3-6-13(19)9-12/h3,5-6,9-10,15H,4,7-8,11H2,1-2H3,(H,20,25). The average Bonchev–Trinajstić information content (AvgIpc) is 3.00. The van der Waals surface area contributed by atoms with E-state index in [9.17, 15) is 14.0 Å². The molecule has 25 heavy (non-hydrogen) atoms. The Morgan fingerprint density at radius 3 is 3.00 bits per heavy atom. The Kier molecular flexibility index (Phi) is 4.83. The van der Waals surface area contributed by atoms with Crippen molar-refractivity contribution in [3.8, 4) is 0 Å². The van der Waals surface area contributed by atoms with Gasteiger partial charge in [0.15, 0.2) is 0 Å². The van der Waals surface area contributed by atoms with Gasteiger partial charge in [-0.25, -0.2) is 4.39 Å². The molecular formula is C18H21FN4O2. The Morgan fingerprint density at radius 2 is 2.24 bits per heavy atom. The van der Waals surface area contributed by atoms with Gasteiger partial charge in [0.1, 0.15) is 5.82 Å². The van der Waals surface area contributed by atoms with Gasteiger partial charge < -0.3 is 10.2 Å². The summed E-state index contributed by atoms with van der Waals surface area (Å²) in [5.74, 6) is -1.14. The van der Waals surface area contributed by atoms with E-state index in [0.29, 0.717) is 0 Å². The van der Waals surface area contributed by atoms with E-state index in [4.69, 9.17) is 0 Å². The summed E-state index contributed by atoms with van der Waals surface area (Å²) in [5, 5.41) is 6.84. The zero-order valence-electron chi connectivity index (χ0n) is 14.3. The van der Waals surface area contributed by atoms with Crippen molar-refractivity contribution in [2.45, 2.75) is 25.3 Å². The highest BCUT2D eigenvalue weighted by molar-refractivity contribution is 5.96. The van der Waals surface area contributed by atoms with Gasteiger partial charge in [-0.1, -0.05) is 6.07 Å². The summed E-state index contributed by atoms with van der Waals surface area (Å²) in [5.41, 5.74) is 2.42. The minimum atomic E-state index is -0.484. The monoisotopic (exact) mass is 344 g/mol. The number of fused-ring (bicyclic) bond motifs is 1. The fourth-order valence-corrected chi connectivity index (χ4v) is 3.27. The molecular weight excluding hydrogens is 323 g/mol. The molecule has 1 heterocycles. The third-order valence-electron chi connectivity index (χ3n) is 4.69. The van der Waals surface area contributed by atoms with E-state index in [2.05, 4.69) is 10.4 Å². The Bertz CT molecular complexity index is 802. The number of hydrogen-bond acceptors (Lipinski definition) is 3. The molecule has 0 aliphatic heterocycles. The topological polar surface area (TPSA) is 67.2 Å². The molecule has 1 aliphatic carbocycles. The Hall–Kier alpha value is -2.70. The minimum absolute atomic E-state index is 0.0315. The molecule has 1 aromatic heterocycles. The van der Waals surface area contributed by atoms with Gasteiger partial charge in [-0.15, -0.1) is 0 Å². The van der Waals surface area contributed by atoms with Crippen LogP contribution in [0.4, 0.5) is 4.39 Å². The summed E-state index contributed by atoms with van der Waals surface area (Å²) in [6, 6.07) is 5.35. The maximum Gasteiger partial charge on any atom is 0.251 e. The molecule has 0 saturated carbocycles. The summed E-state index contributed by atoms with van der Waals surface area (Å²) in [6.45, 7) is -0.127. The molecule has 1 aromatic carbocycles. The van der Waals surface area contributed by atoms with Gasteiger partial charge in [-0.05, 0) is 37.5 Å². The summed E-state index contributed by atoms with van der Waals surface area (Å²) >= 11 is 0. The van der Waals surface area contributed by atoms with Crippen molar-refractivity contribution in [3.63, 3.8) is 0 Å². The highest BCUT2D eigenvalue weighted by Gasteiger charge is 2.29. The van der Waals surface area contributed by atoms with E-state index in [-0.39, 0.29) is 24.1 Å². The molecule has 2 amide bonds. The van der Waals surface area contributed by atoms with Crippen LogP contribution in [0.1, 0.15) is 40.5 Å². The van der Waals surface area contributed by atoms with Crippen LogP contribution in [0.15, 0.2) is 30.5 Å². The SMILES string of the molecule is CN(C(=O)CNC(=O)c1cccc(F)c1)C1CCCc2c1cnn2C. The minimum Gasteiger partial charge on any atom is -0.343 e. The normalized spacial score (nSPS) is 16.2. The number of carbonyl (C=O) groups is 2. The maximum atomic E-state index is 13.2. The molecule has 1 atom stereocenters. The van der Waals surface area contributed by atoms with Gasteiger partial charge in [0.2, 0.25) is 5.91 Å². The first-order chi connectivity index (χ1) is 12.0. The number of benzene rings is 1. The van der Waals surface area contributed by atoms with Gasteiger partial charge >= 0.3 is 0 Å². The predicted molar refractivity (Wildman–Crippen MR) is 90.4 cm³/mol. The number of likely N-dealkylation sites (N-methyl/N-ethyl adjacent to an activating group) is 1. The van der Waals surface area contributed by atoms with Crippen molar-refractivity contribution in [2.75, 3.05) is 13.6 Å². The smallest absolute Gasteiger partial charge is 0.251 e. The van der Waals surface area contributed by atoms with E-state index in [0.717, 1.165) is 36.6 Å². The molecule has 1 unspecified atom stereocenters. The van der Waals surface area contributed by atoms with Crippen molar-refractivity contribution >= 4 is 11.8 Å². The molecule has 0 fully saturated rings. The third kappa shape index (κ3) is 3.55. The second-order valence-electron chi connectivity index (χ2n) is 6.28. The summed E-state index contributed by atoms with van der Waals surface area (Å²) in [6.07, 6.45) is 4.64. The van der Waals surface area contributed by atoms with E-state index < -0.39 is 11.7 Å². The van der Waals surface area contributed by atoms with E-state index in [1.165, 1.54) is 18.2 Å². The van der Waals surface area contributed by atoms with Crippen LogP contribution in [-0.2, 0) is 18.3 Å². The van der Waals surface area contributed by atoms with E-state index in [1.807, 2.05) is 17.9 Å². The number of halogens is 1. The second-order valence-corrected chi connectivity index (χ2v) is 6.28. The second kappa shape index (κ2) is 7.04. The number of aromatic nitrogens is 2. The molecule has 132 valence electrons.